The fourth-order valence-electron chi connectivity index (χ4n) is 1.82. The monoisotopic (exact) mass is 302 g/mol. The molecule has 1 heterocycles. The Balaban J connectivity index is 2.50. The third kappa shape index (κ3) is 3.19. The van der Waals surface area contributed by atoms with E-state index in [1.54, 1.807) is 24.3 Å². The van der Waals surface area contributed by atoms with Gasteiger partial charge in [-0.15, -0.1) is 0 Å². The molecule has 0 saturated heterocycles. The number of nitrogens with one attached hydrogen (secondary N) is 1. The van der Waals surface area contributed by atoms with E-state index in [4.69, 9.17) is 11.6 Å². The van der Waals surface area contributed by atoms with Crippen molar-refractivity contribution >= 4 is 11.6 Å². The summed E-state index contributed by atoms with van der Waals surface area (Å²) in [5, 5.41) is 0.473. The highest BCUT2D eigenvalue weighted by Crippen LogP contribution is 2.30. The molecule has 0 fully saturated rings. The van der Waals surface area contributed by atoms with Crippen molar-refractivity contribution in [3.8, 4) is 0 Å². The topological polar surface area (TPSA) is 45.8 Å². The van der Waals surface area contributed by atoms with Crippen LogP contribution in [0.1, 0.15) is 22.6 Å². The van der Waals surface area contributed by atoms with Crippen LogP contribution in [0.4, 0.5) is 13.2 Å². The summed E-state index contributed by atoms with van der Waals surface area (Å²) in [6, 6.07) is 6.25. The van der Waals surface area contributed by atoms with E-state index in [1.165, 1.54) is 6.92 Å². The van der Waals surface area contributed by atoms with Crippen LogP contribution in [0, 0.1) is 6.92 Å². The van der Waals surface area contributed by atoms with Gasteiger partial charge in [0.15, 0.2) is 5.69 Å². The lowest BCUT2D eigenvalue weighted by Crippen LogP contribution is -2.24. The number of hydrogen-bond donors (Lipinski definition) is 1. The summed E-state index contributed by atoms with van der Waals surface area (Å²) < 4.78 is 38.8. The number of aryl methyl sites for hydroxylation is 1. The average molecular weight is 303 g/mol. The van der Waals surface area contributed by atoms with Gasteiger partial charge in [0, 0.05) is 11.4 Å². The number of rotatable bonds is 2. The molecule has 0 unspecified atom stereocenters. The van der Waals surface area contributed by atoms with E-state index < -0.39 is 23.0 Å². The molecule has 0 radical (unpaired) electrons. The van der Waals surface area contributed by atoms with Crippen LogP contribution in [-0.2, 0) is 12.6 Å². The predicted molar refractivity (Wildman–Crippen MR) is 68.9 cm³/mol. The number of H-pyrrole nitrogens is 1. The molecule has 0 aliphatic rings. The van der Waals surface area contributed by atoms with E-state index in [2.05, 4.69) is 9.97 Å². The summed E-state index contributed by atoms with van der Waals surface area (Å²) in [6.07, 6.45) is -4.82. The van der Waals surface area contributed by atoms with Gasteiger partial charge in [-0.25, -0.2) is 4.98 Å². The van der Waals surface area contributed by atoms with Gasteiger partial charge >= 0.3 is 6.18 Å². The first-order chi connectivity index (χ1) is 9.27. The molecule has 3 nitrogen and oxygen atoms in total. The first kappa shape index (κ1) is 14.6. The smallest absolute Gasteiger partial charge is 0.311 e. The maximum atomic E-state index is 12.9. The maximum Gasteiger partial charge on any atom is 0.433 e. The van der Waals surface area contributed by atoms with Crippen LogP contribution in [0.3, 0.4) is 0 Å². The zero-order chi connectivity index (χ0) is 14.9. The minimum atomic E-state index is -4.67. The van der Waals surface area contributed by atoms with Crippen molar-refractivity contribution in [3.63, 3.8) is 0 Å². The van der Waals surface area contributed by atoms with Crippen LogP contribution < -0.4 is 5.56 Å². The van der Waals surface area contributed by atoms with E-state index in [1.807, 2.05) is 0 Å². The van der Waals surface area contributed by atoms with Crippen molar-refractivity contribution in [2.24, 2.45) is 0 Å². The lowest BCUT2D eigenvalue weighted by atomic mass is 10.0. The standard InChI is InChI=1S/C13H10ClF3N2O/c1-7-18-11(13(15,16)17)10(12(20)19-7)6-8-2-4-9(14)5-3-8/h2-5H,6H2,1H3,(H,18,19,20). The molecule has 2 aromatic rings. The van der Waals surface area contributed by atoms with Gasteiger partial charge in [0.2, 0.25) is 0 Å². The van der Waals surface area contributed by atoms with Gasteiger partial charge in [0.05, 0.1) is 5.56 Å². The third-order valence-corrected chi connectivity index (χ3v) is 2.95. The van der Waals surface area contributed by atoms with E-state index >= 15 is 0 Å². The van der Waals surface area contributed by atoms with Crippen LogP contribution in [-0.4, -0.2) is 9.97 Å². The summed E-state index contributed by atoms with van der Waals surface area (Å²) in [4.78, 5) is 17.5. The summed E-state index contributed by atoms with van der Waals surface area (Å²) in [6.45, 7) is 1.31. The molecule has 2 rings (SSSR count). The Morgan fingerprint density at radius 1 is 1.25 bits per heavy atom. The molecule has 0 bridgehead atoms. The van der Waals surface area contributed by atoms with Crippen molar-refractivity contribution < 1.29 is 13.2 Å². The Bertz CT molecular complexity index is 677. The molecule has 0 atom stereocenters. The van der Waals surface area contributed by atoms with E-state index in [0.29, 0.717) is 10.6 Å². The summed E-state index contributed by atoms with van der Waals surface area (Å²) in [7, 11) is 0. The van der Waals surface area contributed by atoms with Crippen LogP contribution in [0.25, 0.3) is 0 Å². The molecule has 7 heteroatoms. The number of hydrogen-bond acceptors (Lipinski definition) is 2. The highest BCUT2D eigenvalue weighted by molar-refractivity contribution is 6.30. The van der Waals surface area contributed by atoms with E-state index in [-0.39, 0.29) is 12.2 Å². The molecule has 0 aliphatic heterocycles. The van der Waals surface area contributed by atoms with Gasteiger partial charge in [-0.2, -0.15) is 13.2 Å². The normalized spacial score (nSPS) is 11.7. The van der Waals surface area contributed by atoms with Crippen LogP contribution in [0.5, 0.6) is 0 Å². The highest BCUT2D eigenvalue weighted by atomic mass is 35.5. The molecule has 0 spiro atoms. The Labute approximate surface area is 117 Å². The van der Waals surface area contributed by atoms with Gasteiger partial charge in [0.1, 0.15) is 5.82 Å². The second-order valence-corrected chi connectivity index (χ2v) is 4.72. The lowest BCUT2D eigenvalue weighted by Gasteiger charge is -2.11. The fourth-order valence-corrected chi connectivity index (χ4v) is 1.94. The van der Waals surface area contributed by atoms with Gasteiger partial charge in [0.25, 0.3) is 5.56 Å². The molecule has 1 aromatic heterocycles. The number of alkyl halides is 3. The first-order valence-electron chi connectivity index (χ1n) is 5.69. The molecular weight excluding hydrogens is 293 g/mol. The van der Waals surface area contributed by atoms with Gasteiger partial charge < -0.3 is 4.98 Å². The van der Waals surface area contributed by atoms with Crippen molar-refractivity contribution in [3.05, 3.63) is 62.3 Å². The first-order valence-corrected chi connectivity index (χ1v) is 6.06. The fraction of sp³-hybridized carbons (Fsp3) is 0.231. The zero-order valence-electron chi connectivity index (χ0n) is 10.4. The Kier molecular flexibility index (Phi) is 3.85. The molecule has 0 saturated carbocycles. The van der Waals surface area contributed by atoms with E-state index in [9.17, 15) is 18.0 Å². The maximum absolute atomic E-state index is 12.9. The predicted octanol–water partition coefficient (Wildman–Crippen LogP) is 3.34. The molecular formula is C13H10ClF3N2O. The van der Waals surface area contributed by atoms with Crippen molar-refractivity contribution in [1.82, 2.24) is 9.97 Å². The minimum absolute atomic E-state index is 0.0674. The number of aromatic nitrogens is 2. The van der Waals surface area contributed by atoms with Gasteiger partial charge in [-0.05, 0) is 24.6 Å². The molecule has 0 amide bonds. The SMILES string of the molecule is Cc1nc(C(F)(F)F)c(Cc2ccc(Cl)cc2)c(=O)[nH]1. The molecule has 106 valence electrons. The summed E-state index contributed by atoms with van der Waals surface area (Å²) >= 11 is 5.71. The average Bonchev–Trinajstić information content (AvgIpc) is 2.33. The van der Waals surface area contributed by atoms with Crippen LogP contribution in [0.2, 0.25) is 5.02 Å². The molecule has 20 heavy (non-hydrogen) atoms. The number of halogens is 4. The van der Waals surface area contributed by atoms with Crippen molar-refractivity contribution in [2.45, 2.75) is 19.5 Å². The van der Waals surface area contributed by atoms with Crippen molar-refractivity contribution in [2.75, 3.05) is 0 Å². The van der Waals surface area contributed by atoms with Gasteiger partial charge in [-0.3, -0.25) is 4.79 Å². The van der Waals surface area contributed by atoms with Crippen LogP contribution in [0.15, 0.2) is 29.1 Å². The van der Waals surface area contributed by atoms with Gasteiger partial charge in [-0.1, -0.05) is 23.7 Å². The number of nitrogens with zero attached hydrogens (tertiary/aromatic N) is 1. The molecule has 1 N–H and O–H groups in total. The largest absolute Gasteiger partial charge is 0.433 e. The number of aromatic amines is 1. The highest BCUT2D eigenvalue weighted by Gasteiger charge is 2.36. The Morgan fingerprint density at radius 3 is 2.40 bits per heavy atom. The quantitative estimate of drug-likeness (QED) is 0.925. The minimum Gasteiger partial charge on any atom is -0.311 e. The summed E-state index contributed by atoms with van der Waals surface area (Å²) in [5.41, 5.74) is -1.77. The number of benzene rings is 1. The molecule has 1 aromatic carbocycles. The van der Waals surface area contributed by atoms with Crippen molar-refractivity contribution in [1.29, 1.82) is 0 Å². The second-order valence-electron chi connectivity index (χ2n) is 4.28. The van der Waals surface area contributed by atoms with E-state index in [0.717, 1.165) is 0 Å². The Hall–Kier alpha value is -1.82. The second kappa shape index (κ2) is 5.28. The molecule has 0 aliphatic carbocycles. The Morgan fingerprint density at radius 2 is 1.85 bits per heavy atom. The summed E-state index contributed by atoms with van der Waals surface area (Å²) in [5.74, 6) is -0.0674. The lowest BCUT2D eigenvalue weighted by molar-refractivity contribution is -0.142. The van der Waals surface area contributed by atoms with Crippen LogP contribution >= 0.6 is 11.6 Å². The zero-order valence-corrected chi connectivity index (χ0v) is 11.1. The third-order valence-electron chi connectivity index (χ3n) is 2.70.